The second-order valence-electron chi connectivity index (χ2n) is 7.34. The summed E-state index contributed by atoms with van der Waals surface area (Å²) in [5.74, 6) is 0.699. The van der Waals surface area contributed by atoms with Crippen molar-refractivity contribution in [3.05, 3.63) is 75.4 Å². The monoisotopic (exact) mass is 529 g/mol. The quantitative estimate of drug-likeness (QED) is 0.288. The minimum Gasteiger partial charge on any atom is -0.488 e. The summed E-state index contributed by atoms with van der Waals surface area (Å²) in [4.78, 5) is 14.0. The molecule has 1 fully saturated rings. The van der Waals surface area contributed by atoms with Gasteiger partial charge in [0.15, 0.2) is 0 Å². The van der Waals surface area contributed by atoms with Crippen LogP contribution in [0.2, 0.25) is 0 Å². The maximum absolute atomic E-state index is 12.0. The predicted molar refractivity (Wildman–Crippen MR) is 130 cm³/mol. The molecule has 1 N–H and O–H groups in total. The summed E-state index contributed by atoms with van der Waals surface area (Å²) in [5.41, 5.74) is 4.61. The molecule has 31 heavy (non-hydrogen) atoms. The Kier molecular flexibility index (Phi) is 7.50. The molecule has 0 aromatic heterocycles. The number of rotatable bonds is 7. The first-order valence-electron chi connectivity index (χ1n) is 10.2. The van der Waals surface area contributed by atoms with Crippen molar-refractivity contribution >= 4 is 45.5 Å². The average Bonchev–Trinajstić information content (AvgIpc) is 2.79. The highest BCUT2D eigenvalue weighted by atomic mass is 127. The summed E-state index contributed by atoms with van der Waals surface area (Å²) in [6, 6.07) is 20.5. The number of fused-ring (bicyclic) bond motifs is 1. The lowest BCUT2D eigenvalue weighted by atomic mass is 10.1. The van der Waals surface area contributed by atoms with Gasteiger partial charge in [-0.1, -0.05) is 36.4 Å². The van der Waals surface area contributed by atoms with Crippen LogP contribution < -0.4 is 10.2 Å². The molecule has 0 aliphatic carbocycles. The third-order valence-corrected chi connectivity index (χ3v) is 5.88. The van der Waals surface area contributed by atoms with Gasteiger partial charge >= 0.3 is 0 Å². The zero-order chi connectivity index (χ0) is 21.5. The number of halogens is 1. The average molecular weight is 529 g/mol. The SMILES string of the molecule is O=C(CN1CCOCC1)N/N=C/c1ccc(OCc2ccc3ccccc3c2)c(I)c1. The largest absolute Gasteiger partial charge is 0.488 e. The van der Waals surface area contributed by atoms with Gasteiger partial charge in [0.25, 0.3) is 5.91 Å². The third-order valence-electron chi connectivity index (χ3n) is 5.04. The van der Waals surface area contributed by atoms with Crippen LogP contribution in [0.15, 0.2) is 65.8 Å². The molecule has 1 amide bonds. The molecule has 0 atom stereocenters. The summed E-state index contributed by atoms with van der Waals surface area (Å²) in [6.07, 6.45) is 1.65. The van der Waals surface area contributed by atoms with Crippen LogP contribution in [0.1, 0.15) is 11.1 Å². The van der Waals surface area contributed by atoms with Crippen LogP contribution in [-0.2, 0) is 16.1 Å². The van der Waals surface area contributed by atoms with E-state index in [2.05, 4.69) is 68.3 Å². The molecule has 0 radical (unpaired) electrons. The Morgan fingerprint density at radius 2 is 1.90 bits per heavy atom. The van der Waals surface area contributed by atoms with Gasteiger partial charge in [-0.3, -0.25) is 9.69 Å². The lowest BCUT2D eigenvalue weighted by Gasteiger charge is -2.25. The molecule has 1 aliphatic rings. The molecule has 1 aliphatic heterocycles. The number of benzene rings is 3. The van der Waals surface area contributed by atoms with E-state index in [0.717, 1.165) is 33.5 Å². The minimum absolute atomic E-state index is 0.122. The molecular formula is C24H24IN3O3. The minimum atomic E-state index is -0.122. The summed E-state index contributed by atoms with van der Waals surface area (Å²) in [5, 5.41) is 6.51. The summed E-state index contributed by atoms with van der Waals surface area (Å²) in [7, 11) is 0. The van der Waals surface area contributed by atoms with E-state index in [1.165, 1.54) is 10.8 Å². The lowest BCUT2D eigenvalue weighted by Crippen LogP contribution is -2.42. The normalized spacial score (nSPS) is 14.7. The summed E-state index contributed by atoms with van der Waals surface area (Å²) >= 11 is 2.25. The molecule has 0 bridgehead atoms. The van der Waals surface area contributed by atoms with Crippen molar-refractivity contribution in [3.8, 4) is 5.75 Å². The van der Waals surface area contributed by atoms with Gasteiger partial charge in [0.05, 0.1) is 29.5 Å². The number of ether oxygens (including phenoxy) is 2. The van der Waals surface area contributed by atoms with Gasteiger partial charge in [0.1, 0.15) is 12.4 Å². The van der Waals surface area contributed by atoms with Crippen molar-refractivity contribution in [2.45, 2.75) is 6.61 Å². The van der Waals surface area contributed by atoms with Gasteiger partial charge in [-0.05, 0) is 68.8 Å². The number of carbonyl (C=O) groups excluding carboxylic acids is 1. The van der Waals surface area contributed by atoms with Crippen LogP contribution in [0.5, 0.6) is 5.75 Å². The summed E-state index contributed by atoms with van der Waals surface area (Å²) < 4.78 is 12.3. The van der Waals surface area contributed by atoms with Crippen molar-refractivity contribution in [2.24, 2.45) is 5.10 Å². The first-order chi connectivity index (χ1) is 15.2. The number of carbonyl (C=O) groups is 1. The molecule has 1 heterocycles. The van der Waals surface area contributed by atoms with Crippen LogP contribution >= 0.6 is 22.6 Å². The zero-order valence-electron chi connectivity index (χ0n) is 17.1. The number of hydrogen-bond donors (Lipinski definition) is 1. The van der Waals surface area contributed by atoms with Crippen molar-refractivity contribution in [3.63, 3.8) is 0 Å². The summed E-state index contributed by atoms with van der Waals surface area (Å²) in [6.45, 7) is 3.73. The number of hydrogen-bond acceptors (Lipinski definition) is 5. The Labute approximate surface area is 195 Å². The Bertz CT molecular complexity index is 1080. The van der Waals surface area contributed by atoms with Gasteiger partial charge in [0, 0.05) is 13.1 Å². The van der Waals surface area contributed by atoms with Crippen LogP contribution in [0.4, 0.5) is 0 Å². The van der Waals surface area contributed by atoms with Crippen molar-refractivity contribution in [1.29, 1.82) is 0 Å². The lowest BCUT2D eigenvalue weighted by molar-refractivity contribution is -0.123. The second kappa shape index (κ2) is 10.7. The van der Waals surface area contributed by atoms with Gasteiger partial charge in [-0.15, -0.1) is 0 Å². The second-order valence-corrected chi connectivity index (χ2v) is 8.50. The van der Waals surface area contributed by atoms with E-state index in [9.17, 15) is 4.79 Å². The molecule has 3 aromatic rings. The molecule has 160 valence electrons. The topological polar surface area (TPSA) is 63.2 Å². The Morgan fingerprint density at radius 1 is 1.10 bits per heavy atom. The Morgan fingerprint density at radius 3 is 2.71 bits per heavy atom. The van der Waals surface area contributed by atoms with Crippen LogP contribution in [-0.4, -0.2) is 49.9 Å². The number of nitrogens with one attached hydrogen (secondary N) is 1. The molecule has 4 rings (SSSR count). The highest BCUT2D eigenvalue weighted by Crippen LogP contribution is 2.23. The molecule has 1 saturated heterocycles. The van der Waals surface area contributed by atoms with E-state index in [0.29, 0.717) is 26.4 Å². The van der Waals surface area contributed by atoms with E-state index < -0.39 is 0 Å². The molecular weight excluding hydrogens is 505 g/mol. The number of hydrazone groups is 1. The van der Waals surface area contributed by atoms with E-state index in [-0.39, 0.29) is 5.91 Å². The molecule has 0 saturated carbocycles. The van der Waals surface area contributed by atoms with E-state index in [1.54, 1.807) is 6.21 Å². The van der Waals surface area contributed by atoms with Gasteiger partial charge in [-0.2, -0.15) is 5.10 Å². The molecule has 7 heteroatoms. The zero-order valence-corrected chi connectivity index (χ0v) is 19.2. The van der Waals surface area contributed by atoms with Gasteiger partial charge in [0.2, 0.25) is 0 Å². The molecule has 0 unspecified atom stereocenters. The first-order valence-corrected chi connectivity index (χ1v) is 11.3. The number of nitrogens with zero attached hydrogens (tertiary/aromatic N) is 2. The fourth-order valence-corrected chi connectivity index (χ4v) is 4.08. The van der Waals surface area contributed by atoms with Crippen LogP contribution in [0, 0.1) is 3.57 Å². The fourth-order valence-electron chi connectivity index (χ4n) is 3.38. The van der Waals surface area contributed by atoms with Crippen molar-refractivity contribution < 1.29 is 14.3 Å². The molecule has 6 nitrogen and oxygen atoms in total. The number of morpholine rings is 1. The van der Waals surface area contributed by atoms with Crippen LogP contribution in [0.3, 0.4) is 0 Å². The van der Waals surface area contributed by atoms with Gasteiger partial charge < -0.3 is 9.47 Å². The highest BCUT2D eigenvalue weighted by Gasteiger charge is 2.13. The standard InChI is InChI=1S/C24H24IN3O3/c25-22-14-18(15-26-27-24(29)16-28-9-11-30-12-10-28)6-8-23(22)31-17-19-5-7-20-3-1-2-4-21(20)13-19/h1-8,13-15H,9-12,16-17H2,(H,27,29)/b26-15+. The first kappa shape index (κ1) is 21.7. The number of amides is 1. The van der Waals surface area contributed by atoms with Crippen LogP contribution in [0.25, 0.3) is 10.8 Å². The highest BCUT2D eigenvalue weighted by molar-refractivity contribution is 14.1. The Balaban J connectivity index is 1.29. The Hall–Kier alpha value is -2.49. The fraction of sp³-hybridized carbons (Fsp3) is 0.250. The van der Waals surface area contributed by atoms with E-state index in [4.69, 9.17) is 9.47 Å². The van der Waals surface area contributed by atoms with Crippen molar-refractivity contribution in [1.82, 2.24) is 10.3 Å². The molecule has 3 aromatic carbocycles. The maximum atomic E-state index is 12.0. The van der Waals surface area contributed by atoms with Gasteiger partial charge in [-0.25, -0.2) is 5.43 Å². The maximum Gasteiger partial charge on any atom is 0.254 e. The third kappa shape index (κ3) is 6.25. The smallest absolute Gasteiger partial charge is 0.254 e. The van der Waals surface area contributed by atoms with E-state index in [1.807, 2.05) is 30.3 Å². The van der Waals surface area contributed by atoms with Crippen molar-refractivity contribution in [2.75, 3.05) is 32.8 Å². The molecule has 0 spiro atoms. The predicted octanol–water partition coefficient (Wildman–Crippen LogP) is 3.81. The van der Waals surface area contributed by atoms with E-state index >= 15 is 0 Å².